The molecule has 25 heavy (non-hydrogen) atoms. The maximum Gasteiger partial charge on any atom is 0.225 e. The van der Waals surface area contributed by atoms with Crippen LogP contribution in [0.2, 0.25) is 5.02 Å². The van der Waals surface area contributed by atoms with Crippen molar-refractivity contribution in [3.8, 4) is 0 Å². The average Bonchev–Trinajstić information content (AvgIpc) is 3.01. The van der Waals surface area contributed by atoms with Crippen LogP contribution in [0.15, 0.2) is 54.6 Å². The summed E-state index contributed by atoms with van der Waals surface area (Å²) in [5.74, 6) is -0.324. The summed E-state index contributed by atoms with van der Waals surface area (Å²) in [6, 6.07) is 17.5. The van der Waals surface area contributed by atoms with E-state index in [0.29, 0.717) is 24.7 Å². The van der Waals surface area contributed by atoms with E-state index in [4.69, 9.17) is 11.6 Å². The van der Waals surface area contributed by atoms with Gasteiger partial charge < -0.3 is 10.2 Å². The number of carbonyl (C=O) groups is 2. The highest BCUT2D eigenvalue weighted by Crippen LogP contribution is 2.19. The van der Waals surface area contributed by atoms with Gasteiger partial charge in [0.25, 0.3) is 0 Å². The van der Waals surface area contributed by atoms with Gasteiger partial charge in [-0.3, -0.25) is 9.59 Å². The zero-order chi connectivity index (χ0) is 17.6. The van der Waals surface area contributed by atoms with Crippen molar-refractivity contribution in [3.05, 3.63) is 70.7 Å². The zero-order valence-electron chi connectivity index (χ0n) is 14.0. The van der Waals surface area contributed by atoms with Gasteiger partial charge >= 0.3 is 0 Å². The van der Waals surface area contributed by atoms with Crippen molar-refractivity contribution in [2.75, 3.05) is 13.1 Å². The molecule has 1 atom stereocenters. The molecule has 0 spiro atoms. The Balaban J connectivity index is 1.49. The van der Waals surface area contributed by atoms with Crippen LogP contribution >= 0.6 is 11.6 Å². The molecule has 0 unspecified atom stereocenters. The lowest BCUT2D eigenvalue weighted by atomic mass is 10.1. The Morgan fingerprint density at radius 1 is 1.12 bits per heavy atom. The number of benzene rings is 2. The van der Waals surface area contributed by atoms with Gasteiger partial charge in [0.05, 0.1) is 5.92 Å². The van der Waals surface area contributed by atoms with Crippen LogP contribution in [0, 0.1) is 5.92 Å². The van der Waals surface area contributed by atoms with Gasteiger partial charge in [0.2, 0.25) is 11.8 Å². The molecule has 0 aliphatic carbocycles. The molecule has 3 rings (SSSR count). The molecule has 1 aliphatic heterocycles. The van der Waals surface area contributed by atoms with Crippen LogP contribution in [0.4, 0.5) is 0 Å². The van der Waals surface area contributed by atoms with Gasteiger partial charge in [-0.2, -0.15) is 0 Å². The number of nitrogens with zero attached hydrogens (tertiary/aromatic N) is 1. The normalized spacial score (nSPS) is 16.9. The van der Waals surface area contributed by atoms with E-state index in [-0.39, 0.29) is 24.2 Å². The van der Waals surface area contributed by atoms with Crippen molar-refractivity contribution < 1.29 is 9.59 Å². The first-order valence-electron chi connectivity index (χ1n) is 8.46. The van der Waals surface area contributed by atoms with Crippen molar-refractivity contribution in [2.24, 2.45) is 5.92 Å². The highest BCUT2D eigenvalue weighted by atomic mass is 35.5. The number of hydrogen-bond donors (Lipinski definition) is 1. The monoisotopic (exact) mass is 356 g/mol. The second-order valence-corrected chi connectivity index (χ2v) is 6.69. The first-order valence-corrected chi connectivity index (χ1v) is 8.84. The number of amides is 2. The topological polar surface area (TPSA) is 49.4 Å². The molecule has 2 aromatic rings. The van der Waals surface area contributed by atoms with E-state index in [9.17, 15) is 9.59 Å². The summed E-state index contributed by atoms with van der Waals surface area (Å²) in [5.41, 5.74) is 2.07. The molecule has 1 saturated heterocycles. The third-order valence-corrected chi connectivity index (χ3v) is 4.88. The number of likely N-dealkylation sites (tertiary alicyclic amines) is 1. The van der Waals surface area contributed by atoms with Gasteiger partial charge in [-0.15, -0.1) is 0 Å². The largest absolute Gasteiger partial charge is 0.352 e. The maximum absolute atomic E-state index is 12.4. The van der Waals surface area contributed by atoms with Crippen LogP contribution < -0.4 is 5.32 Å². The summed E-state index contributed by atoms with van der Waals surface area (Å²) in [4.78, 5) is 26.3. The molecule has 0 saturated carbocycles. The predicted octanol–water partition coefficient (Wildman–Crippen LogP) is 3.05. The molecular formula is C20H21ClN2O2. The van der Waals surface area contributed by atoms with E-state index in [0.717, 1.165) is 12.0 Å². The van der Waals surface area contributed by atoms with Gasteiger partial charge in [0.1, 0.15) is 0 Å². The van der Waals surface area contributed by atoms with Crippen LogP contribution in [-0.4, -0.2) is 29.8 Å². The molecule has 5 heteroatoms. The minimum absolute atomic E-state index is 0.0498. The molecule has 1 N–H and O–H groups in total. The van der Waals surface area contributed by atoms with Crippen molar-refractivity contribution in [1.29, 1.82) is 0 Å². The van der Waals surface area contributed by atoms with Gasteiger partial charge in [-0.05, 0) is 23.6 Å². The zero-order valence-corrected chi connectivity index (χ0v) is 14.7. The fourth-order valence-corrected chi connectivity index (χ4v) is 3.24. The molecule has 0 aromatic heterocycles. The van der Waals surface area contributed by atoms with Crippen molar-refractivity contribution in [2.45, 2.75) is 19.4 Å². The molecule has 0 bridgehead atoms. The molecular weight excluding hydrogens is 336 g/mol. The van der Waals surface area contributed by atoms with Crippen LogP contribution in [0.25, 0.3) is 0 Å². The van der Waals surface area contributed by atoms with Gasteiger partial charge in [0.15, 0.2) is 0 Å². The quantitative estimate of drug-likeness (QED) is 0.864. The van der Waals surface area contributed by atoms with Gasteiger partial charge in [0, 0.05) is 31.1 Å². The number of halogens is 1. The smallest absolute Gasteiger partial charge is 0.225 e. The summed E-state index contributed by atoms with van der Waals surface area (Å²) in [6.07, 6.45) is 1.09. The second kappa shape index (κ2) is 8.17. The Hall–Kier alpha value is -2.33. The summed E-state index contributed by atoms with van der Waals surface area (Å²) in [5, 5.41) is 3.53. The van der Waals surface area contributed by atoms with E-state index >= 15 is 0 Å². The summed E-state index contributed by atoms with van der Waals surface area (Å²) in [6.45, 7) is 1.52. The van der Waals surface area contributed by atoms with Crippen molar-refractivity contribution >= 4 is 23.4 Å². The first-order chi connectivity index (χ1) is 12.1. The number of carbonyl (C=O) groups excluding carboxylic acids is 2. The van der Waals surface area contributed by atoms with E-state index in [1.54, 1.807) is 11.0 Å². The lowest BCUT2D eigenvalue weighted by Gasteiger charge is -2.16. The Morgan fingerprint density at radius 2 is 1.84 bits per heavy atom. The predicted molar refractivity (Wildman–Crippen MR) is 98.1 cm³/mol. The summed E-state index contributed by atoms with van der Waals surface area (Å²) < 4.78 is 0. The van der Waals surface area contributed by atoms with Crippen LogP contribution in [-0.2, 0) is 22.6 Å². The number of hydrogen-bond acceptors (Lipinski definition) is 2. The third kappa shape index (κ3) is 4.60. The van der Waals surface area contributed by atoms with Crippen LogP contribution in [0.1, 0.15) is 17.5 Å². The van der Waals surface area contributed by atoms with Gasteiger partial charge in [-0.1, -0.05) is 60.1 Å². The van der Waals surface area contributed by atoms with Crippen molar-refractivity contribution in [3.63, 3.8) is 0 Å². The molecule has 2 amide bonds. The Morgan fingerprint density at radius 3 is 2.60 bits per heavy atom. The lowest BCUT2D eigenvalue weighted by molar-refractivity contribution is -0.129. The molecule has 1 aliphatic rings. The van der Waals surface area contributed by atoms with Gasteiger partial charge in [-0.25, -0.2) is 0 Å². The Bertz CT molecular complexity index is 748. The minimum Gasteiger partial charge on any atom is -0.352 e. The highest BCUT2D eigenvalue weighted by molar-refractivity contribution is 6.31. The van der Waals surface area contributed by atoms with Crippen molar-refractivity contribution in [1.82, 2.24) is 10.2 Å². The fraction of sp³-hybridized carbons (Fsp3) is 0.300. The second-order valence-electron chi connectivity index (χ2n) is 6.29. The number of nitrogens with one attached hydrogen (secondary N) is 1. The molecule has 2 aromatic carbocycles. The average molecular weight is 357 g/mol. The van der Waals surface area contributed by atoms with Crippen LogP contribution in [0.3, 0.4) is 0 Å². The van der Waals surface area contributed by atoms with Crippen LogP contribution in [0.5, 0.6) is 0 Å². The Kier molecular flexibility index (Phi) is 5.71. The maximum atomic E-state index is 12.4. The summed E-state index contributed by atoms with van der Waals surface area (Å²) >= 11 is 6.10. The van der Waals surface area contributed by atoms with E-state index in [1.807, 2.05) is 48.5 Å². The minimum atomic E-state index is -0.286. The molecule has 130 valence electrons. The Labute approximate surface area is 152 Å². The lowest BCUT2D eigenvalue weighted by Crippen LogP contribution is -2.33. The van der Waals surface area contributed by atoms with E-state index in [2.05, 4.69) is 5.32 Å². The molecule has 4 nitrogen and oxygen atoms in total. The molecule has 0 radical (unpaired) electrons. The highest BCUT2D eigenvalue weighted by Gasteiger charge is 2.33. The fourth-order valence-electron chi connectivity index (χ4n) is 3.04. The standard InChI is InChI=1S/C20H21ClN2O2/c21-18-9-5-4-8-16(18)13-22-20(25)17-12-19(24)23(14-17)11-10-15-6-2-1-3-7-15/h1-9,17H,10-14H2,(H,22,25)/t17-/m0/s1. The summed E-state index contributed by atoms with van der Waals surface area (Å²) in [7, 11) is 0. The first kappa shape index (κ1) is 17.5. The third-order valence-electron chi connectivity index (χ3n) is 4.51. The molecule has 1 fully saturated rings. The SMILES string of the molecule is O=C(NCc1ccccc1Cl)[C@H]1CC(=O)N(CCc2ccccc2)C1. The molecule has 1 heterocycles. The number of rotatable bonds is 6. The van der Waals surface area contributed by atoms with E-state index in [1.165, 1.54) is 5.56 Å². The van der Waals surface area contributed by atoms with E-state index < -0.39 is 0 Å².